The van der Waals surface area contributed by atoms with Gasteiger partial charge in [-0.05, 0) is 31.2 Å². The number of hydrogen-bond acceptors (Lipinski definition) is 5. The van der Waals surface area contributed by atoms with E-state index >= 15 is 0 Å². The third-order valence-electron chi connectivity index (χ3n) is 3.88. The number of imidazole rings is 1. The summed E-state index contributed by atoms with van der Waals surface area (Å²) in [6.07, 6.45) is 2.82. The first kappa shape index (κ1) is 18.3. The number of hydrogen-bond donors (Lipinski definition) is 0. The van der Waals surface area contributed by atoms with Gasteiger partial charge in [-0.3, -0.25) is 0 Å². The molecule has 0 atom stereocenters. The van der Waals surface area contributed by atoms with Crippen LogP contribution in [0.15, 0.2) is 53.7 Å². The molecule has 0 amide bonds. The maximum Gasteiger partial charge on any atom is 0.269 e. The van der Waals surface area contributed by atoms with Gasteiger partial charge in [0.1, 0.15) is 0 Å². The average molecular weight is 393 g/mol. The Morgan fingerprint density at radius 2 is 1.77 bits per heavy atom. The Kier molecular flexibility index (Phi) is 4.93. The number of aryl methyl sites for hydroxylation is 1. The third-order valence-corrected chi connectivity index (χ3v) is 5.84. The minimum Gasteiger partial charge on any atom is -0.493 e. The standard InChI is InChI=1S/C18H17ClN2O4S/c1-12-4-6-14(7-5-12)26(22,23)21-9-8-20-18(21)13-10-15(19)17(25-3)16(11-13)24-2/h4-11H,1-3H3. The van der Waals surface area contributed by atoms with Crippen LogP contribution in [-0.2, 0) is 10.0 Å². The second-order valence-corrected chi connectivity index (χ2v) is 7.78. The van der Waals surface area contributed by atoms with Crippen molar-refractivity contribution in [1.82, 2.24) is 8.96 Å². The van der Waals surface area contributed by atoms with E-state index in [0.717, 1.165) is 9.54 Å². The van der Waals surface area contributed by atoms with Crippen molar-refractivity contribution < 1.29 is 17.9 Å². The second kappa shape index (κ2) is 7.01. The largest absolute Gasteiger partial charge is 0.493 e. The minimum absolute atomic E-state index is 0.175. The molecule has 6 nitrogen and oxygen atoms in total. The molecule has 0 spiro atoms. The molecule has 0 aliphatic rings. The highest BCUT2D eigenvalue weighted by Gasteiger charge is 2.22. The van der Waals surface area contributed by atoms with Gasteiger partial charge in [-0.2, -0.15) is 0 Å². The molecule has 0 aliphatic carbocycles. The minimum atomic E-state index is -3.80. The molecular formula is C18H17ClN2O4S. The van der Waals surface area contributed by atoms with Crippen molar-refractivity contribution in [3.63, 3.8) is 0 Å². The number of aromatic nitrogens is 2. The van der Waals surface area contributed by atoms with Gasteiger partial charge in [0.15, 0.2) is 17.3 Å². The van der Waals surface area contributed by atoms with Gasteiger partial charge in [0, 0.05) is 18.0 Å². The molecule has 0 unspecified atom stereocenters. The molecule has 0 N–H and O–H groups in total. The molecule has 0 saturated carbocycles. The molecule has 0 aliphatic heterocycles. The molecule has 0 radical (unpaired) electrons. The first-order valence-electron chi connectivity index (χ1n) is 7.66. The fourth-order valence-corrected chi connectivity index (χ4v) is 4.15. The normalized spacial score (nSPS) is 11.4. The van der Waals surface area contributed by atoms with E-state index in [1.807, 2.05) is 6.92 Å². The predicted octanol–water partition coefficient (Wildman–Crippen LogP) is 3.77. The Labute approximate surface area is 157 Å². The summed E-state index contributed by atoms with van der Waals surface area (Å²) in [6.45, 7) is 1.89. The average Bonchev–Trinajstić information content (AvgIpc) is 3.12. The fraction of sp³-hybridized carbons (Fsp3) is 0.167. The molecule has 0 bridgehead atoms. The lowest BCUT2D eigenvalue weighted by molar-refractivity contribution is 0.355. The van der Waals surface area contributed by atoms with Crippen molar-refractivity contribution in [2.75, 3.05) is 14.2 Å². The van der Waals surface area contributed by atoms with Crippen LogP contribution in [0.4, 0.5) is 0 Å². The van der Waals surface area contributed by atoms with Crippen molar-refractivity contribution in [3.05, 3.63) is 59.4 Å². The Morgan fingerprint density at radius 3 is 2.38 bits per heavy atom. The molecule has 2 aromatic carbocycles. The van der Waals surface area contributed by atoms with E-state index in [2.05, 4.69) is 4.98 Å². The first-order valence-corrected chi connectivity index (χ1v) is 9.47. The van der Waals surface area contributed by atoms with Gasteiger partial charge in [-0.1, -0.05) is 29.3 Å². The molecular weight excluding hydrogens is 376 g/mol. The van der Waals surface area contributed by atoms with Gasteiger partial charge in [0.2, 0.25) is 0 Å². The summed E-state index contributed by atoms with van der Waals surface area (Å²) in [6, 6.07) is 9.85. The molecule has 8 heteroatoms. The predicted molar refractivity (Wildman–Crippen MR) is 99.5 cm³/mol. The molecule has 0 fully saturated rings. The Hall–Kier alpha value is -2.51. The van der Waals surface area contributed by atoms with Crippen molar-refractivity contribution in [2.45, 2.75) is 11.8 Å². The topological polar surface area (TPSA) is 70.4 Å². The van der Waals surface area contributed by atoms with Crippen LogP contribution in [0.25, 0.3) is 11.4 Å². The van der Waals surface area contributed by atoms with Crippen molar-refractivity contribution in [3.8, 4) is 22.9 Å². The van der Waals surface area contributed by atoms with Crippen LogP contribution >= 0.6 is 11.6 Å². The van der Waals surface area contributed by atoms with E-state index in [-0.39, 0.29) is 10.7 Å². The van der Waals surface area contributed by atoms with Crippen molar-refractivity contribution in [2.24, 2.45) is 0 Å². The monoisotopic (exact) mass is 392 g/mol. The van der Waals surface area contributed by atoms with Crippen LogP contribution in [0.1, 0.15) is 5.56 Å². The molecule has 136 valence electrons. The number of rotatable bonds is 5. The number of methoxy groups -OCH3 is 2. The lowest BCUT2D eigenvalue weighted by atomic mass is 10.2. The summed E-state index contributed by atoms with van der Waals surface area (Å²) in [7, 11) is -0.842. The lowest BCUT2D eigenvalue weighted by Gasteiger charge is -2.13. The Balaban J connectivity index is 2.15. The van der Waals surface area contributed by atoms with E-state index in [9.17, 15) is 8.42 Å². The second-order valence-electron chi connectivity index (χ2n) is 5.56. The lowest BCUT2D eigenvalue weighted by Crippen LogP contribution is -2.13. The first-order chi connectivity index (χ1) is 12.4. The number of nitrogens with zero attached hydrogens (tertiary/aromatic N) is 2. The van der Waals surface area contributed by atoms with Crippen LogP contribution in [-0.4, -0.2) is 31.6 Å². The summed E-state index contributed by atoms with van der Waals surface area (Å²) in [5.41, 5.74) is 1.47. The van der Waals surface area contributed by atoms with Crippen LogP contribution in [0.3, 0.4) is 0 Å². The van der Waals surface area contributed by atoms with Gasteiger partial charge in [0.05, 0.1) is 24.1 Å². The van der Waals surface area contributed by atoms with Gasteiger partial charge in [-0.15, -0.1) is 0 Å². The van der Waals surface area contributed by atoms with E-state index < -0.39 is 10.0 Å². The number of ether oxygens (including phenoxy) is 2. The zero-order chi connectivity index (χ0) is 18.9. The summed E-state index contributed by atoms with van der Waals surface area (Å²) in [5, 5.41) is 0.295. The van der Waals surface area contributed by atoms with E-state index in [4.69, 9.17) is 21.1 Å². The maximum absolute atomic E-state index is 13.0. The Morgan fingerprint density at radius 1 is 1.08 bits per heavy atom. The van der Waals surface area contributed by atoms with Crippen LogP contribution in [0, 0.1) is 6.92 Å². The highest BCUT2D eigenvalue weighted by Crippen LogP contribution is 2.39. The van der Waals surface area contributed by atoms with Crippen molar-refractivity contribution >= 4 is 21.6 Å². The molecule has 26 heavy (non-hydrogen) atoms. The van der Waals surface area contributed by atoms with Gasteiger partial charge in [0.25, 0.3) is 10.0 Å². The maximum atomic E-state index is 13.0. The highest BCUT2D eigenvalue weighted by atomic mass is 35.5. The molecule has 3 rings (SSSR count). The zero-order valence-electron chi connectivity index (χ0n) is 14.4. The highest BCUT2D eigenvalue weighted by molar-refractivity contribution is 7.90. The van der Waals surface area contributed by atoms with Gasteiger partial charge in [-0.25, -0.2) is 17.4 Å². The van der Waals surface area contributed by atoms with Gasteiger partial charge < -0.3 is 9.47 Å². The van der Waals surface area contributed by atoms with E-state index in [0.29, 0.717) is 22.1 Å². The van der Waals surface area contributed by atoms with E-state index in [1.165, 1.54) is 26.6 Å². The van der Waals surface area contributed by atoms with Crippen LogP contribution < -0.4 is 9.47 Å². The van der Waals surface area contributed by atoms with Crippen molar-refractivity contribution in [1.29, 1.82) is 0 Å². The molecule has 3 aromatic rings. The third kappa shape index (κ3) is 3.15. The fourth-order valence-electron chi connectivity index (χ4n) is 2.56. The smallest absolute Gasteiger partial charge is 0.269 e. The van der Waals surface area contributed by atoms with Crippen LogP contribution in [0.5, 0.6) is 11.5 Å². The molecule has 1 aromatic heterocycles. The summed E-state index contributed by atoms with van der Waals surface area (Å²) in [5.74, 6) is 0.989. The number of benzene rings is 2. The Bertz CT molecular complexity index is 1040. The molecule has 0 saturated heterocycles. The summed E-state index contributed by atoms with van der Waals surface area (Å²) >= 11 is 6.24. The quantitative estimate of drug-likeness (QED) is 0.661. The van der Waals surface area contributed by atoms with Gasteiger partial charge >= 0.3 is 0 Å². The zero-order valence-corrected chi connectivity index (χ0v) is 16.0. The van der Waals surface area contributed by atoms with E-state index in [1.54, 1.807) is 36.4 Å². The summed E-state index contributed by atoms with van der Waals surface area (Å²) in [4.78, 5) is 4.37. The SMILES string of the molecule is COc1cc(-c2nccn2S(=O)(=O)c2ccc(C)cc2)cc(Cl)c1OC. The summed E-state index contributed by atoms with van der Waals surface area (Å²) < 4.78 is 37.6. The number of halogens is 1. The molecule has 1 heterocycles. The van der Waals surface area contributed by atoms with Crippen LogP contribution in [0.2, 0.25) is 5.02 Å².